The van der Waals surface area contributed by atoms with E-state index in [2.05, 4.69) is 15.3 Å². The molecule has 1 amide bonds. The van der Waals surface area contributed by atoms with Crippen molar-refractivity contribution in [2.45, 2.75) is 44.2 Å². The summed E-state index contributed by atoms with van der Waals surface area (Å²) in [7, 11) is 1.52. The maximum Gasteiger partial charge on any atom is 2.00 e. The zero-order valence-corrected chi connectivity index (χ0v) is 23.5. The van der Waals surface area contributed by atoms with Gasteiger partial charge in [-0.1, -0.05) is 18.6 Å². The van der Waals surface area contributed by atoms with Crippen molar-refractivity contribution in [2.75, 3.05) is 32.5 Å². The summed E-state index contributed by atoms with van der Waals surface area (Å²) in [6, 6.07) is 0.322. The molecule has 1 aromatic rings. The molecule has 0 aromatic carbocycles. The van der Waals surface area contributed by atoms with Crippen LogP contribution in [0.5, 0.6) is 0 Å². The van der Waals surface area contributed by atoms with E-state index in [0.29, 0.717) is 54.8 Å². The van der Waals surface area contributed by atoms with E-state index in [-0.39, 0.29) is 49.8 Å². The Bertz CT molecular complexity index is 1050. The monoisotopic (exact) mass is 680 g/mol. The number of nitrogen functional groups attached to an aromatic ring is 1. The summed E-state index contributed by atoms with van der Waals surface area (Å²) in [5, 5.41) is 4.33. The number of hydrogen-bond donors (Lipinski definition) is 2. The van der Waals surface area contributed by atoms with Crippen molar-refractivity contribution in [3.8, 4) is 0 Å². The number of H-pyrrole nitrogens is 1. The van der Waals surface area contributed by atoms with Crippen LogP contribution in [0.25, 0.3) is 17.5 Å². The molecule has 1 saturated carbocycles. The number of rotatable bonds is 4. The molecule has 5 rings (SSSR count). The Morgan fingerprint density at radius 2 is 2.27 bits per heavy atom. The van der Waals surface area contributed by atoms with Crippen LogP contribution in [0.1, 0.15) is 37.9 Å². The minimum atomic E-state index is -0.460. The summed E-state index contributed by atoms with van der Waals surface area (Å²) >= 11 is 0. The van der Waals surface area contributed by atoms with Gasteiger partial charge in [-0.05, 0) is 37.6 Å². The van der Waals surface area contributed by atoms with Crippen molar-refractivity contribution in [1.82, 2.24) is 15.2 Å². The number of carbonyl (C=O) groups excluding carboxylic acids is 1. The van der Waals surface area contributed by atoms with E-state index in [1.54, 1.807) is 6.08 Å². The maximum absolute atomic E-state index is 14.5. The van der Waals surface area contributed by atoms with E-state index in [4.69, 9.17) is 10.5 Å². The molecule has 3 heterocycles. The number of fused-ring (bicyclic) bond motifs is 2. The van der Waals surface area contributed by atoms with Crippen LogP contribution in [0.4, 0.5) is 10.2 Å². The van der Waals surface area contributed by atoms with Crippen molar-refractivity contribution >= 4 is 29.2 Å². The van der Waals surface area contributed by atoms with E-state index in [0.717, 1.165) is 18.0 Å². The van der Waals surface area contributed by atoms with Gasteiger partial charge in [0.15, 0.2) is 0 Å². The Labute approximate surface area is 218 Å². The quantitative estimate of drug-likeness (QED) is 0.450. The number of hydrogen-bond acceptors (Lipinski definition) is 5. The predicted molar refractivity (Wildman–Crippen MR) is 121 cm³/mol. The van der Waals surface area contributed by atoms with Gasteiger partial charge in [-0.25, -0.2) is 9.37 Å². The topological polar surface area (TPSA) is 94.6 Å². The van der Waals surface area contributed by atoms with Gasteiger partial charge in [0.05, 0.1) is 0 Å². The van der Waals surface area contributed by atoms with Crippen LogP contribution >= 0.6 is 0 Å². The fourth-order valence-corrected chi connectivity index (χ4v) is 5.55. The SMILES string of the molecule is COC1C=c2c(N)[nH+]c(C3=CCN(C(=O)CC4NCC5CCCC54)CC3)nc2=C(F)[CH-]1.[CH3-].[U+2]. The molecular weight excluding hydrogens is 647 g/mol. The summed E-state index contributed by atoms with van der Waals surface area (Å²) in [6.07, 6.45) is 9.75. The fourth-order valence-electron chi connectivity index (χ4n) is 5.55. The van der Waals surface area contributed by atoms with Gasteiger partial charge in [0, 0.05) is 60.7 Å². The standard InChI is InChI=1S/C23H29FN5O2.CH3.U/c1-31-15-9-17-21(18(24)10-15)27-23(28-22(17)25)13-5-7-29(8-6-13)20(30)11-19-16-4-2-3-14(16)12-26-19;;/h5,9-10,14-16,19,26H,2-4,6-8,11-12H2,1H3,(H2,25,27,28);1H3;/q2*-1;+2/p+1. The van der Waals surface area contributed by atoms with Gasteiger partial charge in [0.25, 0.3) is 0 Å². The van der Waals surface area contributed by atoms with Crippen LogP contribution in [0.2, 0.25) is 0 Å². The van der Waals surface area contributed by atoms with E-state index >= 15 is 0 Å². The molecule has 4 atom stereocenters. The maximum atomic E-state index is 14.5. The number of anilines is 1. The second-order valence-corrected chi connectivity index (χ2v) is 9.04. The van der Waals surface area contributed by atoms with Gasteiger partial charge >= 0.3 is 31.1 Å². The normalized spacial score (nSPS) is 27.9. The van der Waals surface area contributed by atoms with Gasteiger partial charge in [-0.15, -0.1) is 0 Å². The Balaban J connectivity index is 0.00000153. The molecule has 2 aliphatic carbocycles. The third-order valence-electron chi connectivity index (χ3n) is 7.30. The summed E-state index contributed by atoms with van der Waals surface area (Å²) in [4.78, 5) is 22.4. The predicted octanol–water partition coefficient (Wildman–Crippen LogP) is 0.413. The number of aromatic amines is 1. The third kappa shape index (κ3) is 5.17. The second-order valence-electron chi connectivity index (χ2n) is 9.04. The molecule has 0 radical (unpaired) electrons. The zero-order chi connectivity index (χ0) is 21.5. The molecule has 1 aromatic heterocycles. The molecule has 4 unspecified atom stereocenters. The average molecular weight is 681 g/mol. The van der Waals surface area contributed by atoms with E-state index in [1.165, 1.54) is 32.8 Å². The van der Waals surface area contributed by atoms with Gasteiger partial charge in [-0.2, -0.15) is 11.4 Å². The first kappa shape index (κ1) is 26.2. The molecule has 7 nitrogen and oxygen atoms in total. The minimum Gasteiger partial charge on any atom is -0.391 e. The molecule has 33 heavy (non-hydrogen) atoms. The number of halogens is 1. The summed E-state index contributed by atoms with van der Waals surface area (Å²) in [5.41, 5.74) is 7.12. The fraction of sp³-hybridized carbons (Fsp3) is 0.542. The molecule has 2 fully saturated rings. The van der Waals surface area contributed by atoms with Crippen LogP contribution in [0, 0.1) is 56.8 Å². The smallest absolute Gasteiger partial charge is 0.391 e. The van der Waals surface area contributed by atoms with Crippen molar-refractivity contribution in [3.05, 3.63) is 36.3 Å². The second kappa shape index (κ2) is 10.9. The van der Waals surface area contributed by atoms with E-state index < -0.39 is 11.9 Å². The number of nitrogens with zero attached hydrogens (tertiary/aromatic N) is 2. The van der Waals surface area contributed by atoms with Crippen LogP contribution in [-0.4, -0.2) is 54.7 Å². The number of carbonyl (C=O) groups is 1. The Hall–Kier alpha value is -1.40. The molecule has 1 saturated heterocycles. The molecule has 176 valence electrons. The van der Waals surface area contributed by atoms with E-state index in [9.17, 15) is 9.18 Å². The van der Waals surface area contributed by atoms with Crippen LogP contribution in [-0.2, 0) is 9.53 Å². The summed E-state index contributed by atoms with van der Waals surface area (Å²) in [6.45, 7) is 2.23. The first-order valence-electron chi connectivity index (χ1n) is 11.2. The average Bonchev–Trinajstić information content (AvgIpc) is 3.39. The Morgan fingerprint density at radius 1 is 1.45 bits per heavy atom. The number of nitrogens with two attached hydrogens (primary N) is 1. The molecular formula is C24H33FN5O2U+. The molecule has 4 aliphatic rings. The van der Waals surface area contributed by atoms with Crippen molar-refractivity contribution in [3.63, 3.8) is 0 Å². The summed E-state index contributed by atoms with van der Waals surface area (Å²) in [5.74, 6) is 2.11. The largest absolute Gasteiger partial charge is 2.00 e. The number of ether oxygens (including phenoxy) is 1. The van der Waals surface area contributed by atoms with Crippen LogP contribution in [0.3, 0.4) is 0 Å². The van der Waals surface area contributed by atoms with Crippen LogP contribution in [0.15, 0.2) is 6.08 Å². The Morgan fingerprint density at radius 3 is 3.00 bits per heavy atom. The first-order chi connectivity index (χ1) is 15.0. The van der Waals surface area contributed by atoms with Crippen LogP contribution < -0.4 is 26.6 Å². The van der Waals surface area contributed by atoms with Gasteiger partial charge in [-0.3, -0.25) is 4.79 Å². The van der Waals surface area contributed by atoms with E-state index in [1.807, 2.05) is 11.0 Å². The summed E-state index contributed by atoms with van der Waals surface area (Å²) < 4.78 is 19.7. The van der Waals surface area contributed by atoms with Gasteiger partial charge in [0.1, 0.15) is 0 Å². The molecule has 2 aliphatic heterocycles. The Kier molecular flexibility index (Phi) is 8.66. The van der Waals surface area contributed by atoms with Gasteiger partial charge < -0.3 is 28.1 Å². The number of amides is 1. The molecule has 0 bridgehead atoms. The molecule has 4 N–H and O–H groups in total. The van der Waals surface area contributed by atoms with Crippen molar-refractivity contribution in [2.24, 2.45) is 11.8 Å². The first-order valence-corrected chi connectivity index (χ1v) is 11.2. The molecule has 9 heteroatoms. The zero-order valence-electron chi connectivity index (χ0n) is 19.4. The van der Waals surface area contributed by atoms with Crippen molar-refractivity contribution in [1.29, 1.82) is 0 Å². The number of nitrogens with one attached hydrogen (secondary N) is 2. The van der Waals surface area contributed by atoms with Gasteiger partial charge in [0.2, 0.25) is 17.5 Å². The van der Waals surface area contributed by atoms with Crippen molar-refractivity contribution < 1.29 is 50.0 Å². The minimum absolute atomic E-state index is 0. The molecule has 0 spiro atoms. The third-order valence-corrected chi connectivity index (χ3v) is 7.30. The number of aromatic nitrogens is 2. The number of methoxy groups -OCH3 is 1.